The number of anilines is 1. The molecule has 1 heterocycles. The van der Waals surface area contributed by atoms with Crippen molar-refractivity contribution < 1.29 is 4.79 Å². The Labute approximate surface area is 120 Å². The van der Waals surface area contributed by atoms with Crippen LogP contribution in [-0.2, 0) is 12.8 Å². The Bertz CT molecular complexity index is 633. The zero-order valence-electron chi connectivity index (χ0n) is 12.0. The van der Waals surface area contributed by atoms with Gasteiger partial charge in [-0.2, -0.15) is 0 Å². The van der Waals surface area contributed by atoms with Gasteiger partial charge in [0.15, 0.2) is 0 Å². The number of hydrogen-bond donors (Lipinski definition) is 0. The van der Waals surface area contributed by atoms with E-state index in [4.69, 9.17) is 0 Å². The van der Waals surface area contributed by atoms with Gasteiger partial charge in [-0.05, 0) is 49.1 Å². The number of aryl methyl sites for hydroxylation is 1. The minimum absolute atomic E-state index is 0.102. The van der Waals surface area contributed by atoms with Crippen molar-refractivity contribution in [1.82, 2.24) is 0 Å². The van der Waals surface area contributed by atoms with Crippen molar-refractivity contribution in [3.63, 3.8) is 0 Å². The first kappa shape index (κ1) is 12.9. The third-order valence-corrected chi connectivity index (χ3v) is 4.07. The topological polar surface area (TPSA) is 20.3 Å². The fraction of sp³-hybridized carbons (Fsp3) is 0.278. The Morgan fingerprint density at radius 2 is 1.90 bits per heavy atom. The number of carbonyl (C=O) groups excluding carboxylic acids is 1. The van der Waals surface area contributed by atoms with Crippen LogP contribution in [0.15, 0.2) is 48.5 Å². The van der Waals surface area contributed by atoms with Crippen molar-refractivity contribution in [1.29, 1.82) is 0 Å². The lowest BCUT2D eigenvalue weighted by Crippen LogP contribution is -2.35. The number of hydrogen-bond acceptors (Lipinski definition) is 1. The summed E-state index contributed by atoms with van der Waals surface area (Å²) in [7, 11) is 0. The molecule has 102 valence electrons. The third kappa shape index (κ3) is 2.01. The van der Waals surface area contributed by atoms with E-state index in [0.29, 0.717) is 0 Å². The molecule has 0 spiro atoms. The Morgan fingerprint density at radius 1 is 1.15 bits per heavy atom. The van der Waals surface area contributed by atoms with Crippen LogP contribution in [0.4, 0.5) is 5.69 Å². The van der Waals surface area contributed by atoms with E-state index in [-0.39, 0.29) is 11.9 Å². The van der Waals surface area contributed by atoms with Crippen LogP contribution in [0.5, 0.6) is 0 Å². The van der Waals surface area contributed by atoms with Crippen LogP contribution >= 0.6 is 0 Å². The minimum Gasteiger partial charge on any atom is -0.305 e. The molecule has 1 amide bonds. The molecule has 2 nitrogen and oxygen atoms in total. The molecule has 0 fully saturated rings. The summed E-state index contributed by atoms with van der Waals surface area (Å²) in [6, 6.07) is 16.1. The van der Waals surface area contributed by atoms with Crippen LogP contribution in [0.1, 0.15) is 35.3 Å². The molecule has 0 saturated heterocycles. The number of rotatable bonds is 2. The van der Waals surface area contributed by atoms with E-state index >= 15 is 0 Å². The van der Waals surface area contributed by atoms with Crippen molar-refractivity contribution in [3.05, 3.63) is 65.2 Å². The molecule has 20 heavy (non-hydrogen) atoms. The van der Waals surface area contributed by atoms with Crippen molar-refractivity contribution >= 4 is 11.6 Å². The van der Waals surface area contributed by atoms with Crippen molar-refractivity contribution in [3.8, 4) is 0 Å². The lowest BCUT2D eigenvalue weighted by atomic mass is 10.0. The highest BCUT2D eigenvalue weighted by Gasteiger charge is 2.32. The molecule has 0 radical (unpaired) electrons. The summed E-state index contributed by atoms with van der Waals surface area (Å²) in [4.78, 5) is 14.7. The van der Waals surface area contributed by atoms with Gasteiger partial charge in [0, 0.05) is 17.3 Å². The molecule has 0 aliphatic carbocycles. The zero-order valence-corrected chi connectivity index (χ0v) is 12.0. The Morgan fingerprint density at radius 3 is 2.60 bits per heavy atom. The van der Waals surface area contributed by atoms with Gasteiger partial charge in [0.25, 0.3) is 5.91 Å². The van der Waals surface area contributed by atoms with Gasteiger partial charge in [-0.25, -0.2) is 0 Å². The molecule has 1 unspecified atom stereocenters. The number of benzene rings is 2. The SMILES string of the molecule is CCc1cccc2c1CC(C)N2C(=O)c1ccccc1. The van der Waals surface area contributed by atoms with Gasteiger partial charge in [0.2, 0.25) is 0 Å². The zero-order chi connectivity index (χ0) is 14.1. The Kier molecular flexibility index (Phi) is 3.31. The maximum absolute atomic E-state index is 12.7. The molecule has 2 aromatic rings. The quantitative estimate of drug-likeness (QED) is 0.808. The first-order chi connectivity index (χ1) is 9.72. The highest BCUT2D eigenvalue weighted by atomic mass is 16.2. The second-order valence-corrected chi connectivity index (χ2v) is 5.36. The summed E-state index contributed by atoms with van der Waals surface area (Å²) in [5.41, 5.74) is 4.55. The third-order valence-electron chi connectivity index (χ3n) is 4.07. The van der Waals surface area contributed by atoms with Gasteiger partial charge < -0.3 is 4.90 Å². The van der Waals surface area contributed by atoms with Gasteiger partial charge in [-0.1, -0.05) is 37.3 Å². The monoisotopic (exact) mass is 265 g/mol. The number of amides is 1. The number of carbonyl (C=O) groups is 1. The average Bonchev–Trinajstić information content (AvgIpc) is 2.83. The number of fused-ring (bicyclic) bond motifs is 1. The van der Waals surface area contributed by atoms with Crippen LogP contribution in [0.2, 0.25) is 0 Å². The predicted octanol–water partition coefficient (Wildman–Crippen LogP) is 3.84. The summed E-state index contributed by atoms with van der Waals surface area (Å²) in [5.74, 6) is 0.102. The fourth-order valence-corrected chi connectivity index (χ4v) is 3.07. The Hall–Kier alpha value is -2.09. The van der Waals surface area contributed by atoms with Crippen LogP contribution < -0.4 is 4.90 Å². The van der Waals surface area contributed by atoms with Crippen molar-refractivity contribution in [2.24, 2.45) is 0 Å². The lowest BCUT2D eigenvalue weighted by molar-refractivity contribution is 0.0981. The maximum Gasteiger partial charge on any atom is 0.258 e. The van der Waals surface area contributed by atoms with Crippen molar-refractivity contribution in [2.45, 2.75) is 32.7 Å². The summed E-state index contributed by atoms with van der Waals surface area (Å²) in [6.45, 7) is 4.29. The fourth-order valence-electron chi connectivity index (χ4n) is 3.07. The summed E-state index contributed by atoms with van der Waals surface area (Å²) >= 11 is 0. The summed E-state index contributed by atoms with van der Waals surface area (Å²) in [6.07, 6.45) is 1.97. The van der Waals surface area contributed by atoms with Gasteiger partial charge >= 0.3 is 0 Å². The molecule has 1 aliphatic rings. The number of nitrogens with zero attached hydrogens (tertiary/aromatic N) is 1. The summed E-state index contributed by atoms with van der Waals surface area (Å²) in [5, 5.41) is 0. The Balaban J connectivity index is 2.03. The summed E-state index contributed by atoms with van der Waals surface area (Å²) < 4.78 is 0. The molecule has 3 rings (SSSR count). The minimum atomic E-state index is 0.102. The largest absolute Gasteiger partial charge is 0.305 e. The predicted molar refractivity (Wildman–Crippen MR) is 82.2 cm³/mol. The van der Waals surface area contributed by atoms with E-state index in [1.165, 1.54) is 11.1 Å². The van der Waals surface area contributed by atoms with Crippen LogP contribution in [0.3, 0.4) is 0 Å². The maximum atomic E-state index is 12.7. The van der Waals surface area contributed by atoms with Crippen LogP contribution in [-0.4, -0.2) is 11.9 Å². The highest BCUT2D eigenvalue weighted by molar-refractivity contribution is 6.07. The standard InChI is InChI=1S/C18H19NO/c1-3-14-10-7-11-17-16(14)12-13(2)19(17)18(20)15-8-5-4-6-9-15/h4-11,13H,3,12H2,1-2H3. The second kappa shape index (κ2) is 5.12. The second-order valence-electron chi connectivity index (χ2n) is 5.36. The van der Waals surface area contributed by atoms with Gasteiger partial charge in [0.1, 0.15) is 0 Å². The van der Waals surface area contributed by atoms with Gasteiger partial charge in [-0.15, -0.1) is 0 Å². The molecule has 0 aromatic heterocycles. The van der Waals surface area contributed by atoms with Crippen LogP contribution in [0.25, 0.3) is 0 Å². The van der Waals surface area contributed by atoms with E-state index in [2.05, 4.69) is 32.0 Å². The molecule has 1 atom stereocenters. The normalized spacial score (nSPS) is 17.1. The van der Waals surface area contributed by atoms with E-state index in [9.17, 15) is 4.79 Å². The average molecular weight is 265 g/mol. The van der Waals surface area contributed by atoms with E-state index in [1.54, 1.807) is 0 Å². The molecule has 0 saturated carbocycles. The molecule has 0 N–H and O–H groups in total. The molecule has 2 aromatic carbocycles. The molecule has 1 aliphatic heterocycles. The molecule has 0 bridgehead atoms. The smallest absolute Gasteiger partial charge is 0.258 e. The van der Waals surface area contributed by atoms with E-state index in [0.717, 1.165) is 24.1 Å². The lowest BCUT2D eigenvalue weighted by Gasteiger charge is -2.22. The van der Waals surface area contributed by atoms with Crippen LogP contribution in [0, 0.1) is 0 Å². The molecular weight excluding hydrogens is 246 g/mol. The first-order valence-electron chi connectivity index (χ1n) is 7.21. The first-order valence-corrected chi connectivity index (χ1v) is 7.21. The van der Waals surface area contributed by atoms with E-state index in [1.807, 2.05) is 35.2 Å². The molecular formula is C18H19NO. The van der Waals surface area contributed by atoms with Crippen molar-refractivity contribution in [2.75, 3.05) is 4.90 Å². The molecule has 2 heteroatoms. The van der Waals surface area contributed by atoms with E-state index < -0.39 is 0 Å². The van der Waals surface area contributed by atoms with Gasteiger partial charge in [-0.3, -0.25) is 4.79 Å². The highest BCUT2D eigenvalue weighted by Crippen LogP contribution is 2.35. The van der Waals surface area contributed by atoms with Gasteiger partial charge in [0.05, 0.1) is 0 Å².